The molecule has 0 spiro atoms. The van der Waals surface area contributed by atoms with Crippen molar-refractivity contribution in [2.24, 2.45) is 4.99 Å². The van der Waals surface area contributed by atoms with E-state index in [9.17, 15) is 10.5 Å². The van der Waals surface area contributed by atoms with Crippen molar-refractivity contribution in [3.63, 3.8) is 0 Å². The molecular formula is C28H22N8O. The minimum Gasteiger partial charge on any atom is -0.489 e. The Hall–Kier alpha value is -5.54. The molecule has 37 heavy (non-hydrogen) atoms. The standard InChI is InChI=1S/C28H22N8O/c29-14-22-24(31)23-25(34-28(33-16-30)36-27(23)35-26(22)32)21-9-5-4-8-20(21)18-10-12-19(13-11-18)37-15-17-6-2-1-3-7-17/h1-13,25H,15H2,(H6,31,32,33,34,35,36). The molecule has 0 saturated carbocycles. The lowest BCUT2D eigenvalue weighted by molar-refractivity contribution is 0.306. The van der Waals surface area contributed by atoms with E-state index in [4.69, 9.17) is 21.2 Å². The fourth-order valence-electron chi connectivity index (χ4n) is 4.28. The average molecular weight is 487 g/mol. The average Bonchev–Trinajstić information content (AvgIpc) is 2.93. The summed E-state index contributed by atoms with van der Waals surface area (Å²) in [5.74, 6) is 1.29. The number of anilines is 3. The number of rotatable bonds is 5. The molecule has 9 nitrogen and oxygen atoms in total. The van der Waals surface area contributed by atoms with E-state index in [1.54, 1.807) is 0 Å². The van der Waals surface area contributed by atoms with Gasteiger partial charge in [-0.3, -0.25) is 5.32 Å². The van der Waals surface area contributed by atoms with E-state index >= 15 is 0 Å². The maximum absolute atomic E-state index is 9.60. The third-order valence-corrected chi connectivity index (χ3v) is 6.03. The van der Waals surface area contributed by atoms with Crippen LogP contribution in [0.25, 0.3) is 11.1 Å². The van der Waals surface area contributed by atoms with Crippen LogP contribution in [0.3, 0.4) is 0 Å². The lowest BCUT2D eigenvalue weighted by atomic mass is 9.89. The normalized spacial score (nSPS) is 13.8. The fourth-order valence-corrected chi connectivity index (χ4v) is 4.28. The third kappa shape index (κ3) is 4.57. The summed E-state index contributed by atoms with van der Waals surface area (Å²) in [6.45, 7) is 0.475. The Bertz CT molecular complexity index is 1570. The number of benzene rings is 3. The number of guanidine groups is 1. The zero-order valence-electron chi connectivity index (χ0n) is 19.6. The predicted molar refractivity (Wildman–Crippen MR) is 142 cm³/mol. The highest BCUT2D eigenvalue weighted by Crippen LogP contribution is 2.43. The molecule has 0 fully saturated rings. The number of hydrogen-bond donors (Lipinski definition) is 4. The molecule has 6 N–H and O–H groups in total. The van der Waals surface area contributed by atoms with Crippen LogP contribution in [0, 0.1) is 22.8 Å². The van der Waals surface area contributed by atoms with Gasteiger partial charge in [0, 0.05) is 5.56 Å². The molecule has 1 aliphatic heterocycles. The molecule has 5 rings (SSSR count). The summed E-state index contributed by atoms with van der Waals surface area (Å²) < 4.78 is 5.93. The molecule has 0 amide bonds. The van der Waals surface area contributed by atoms with E-state index in [0.29, 0.717) is 18.0 Å². The molecule has 1 aromatic heterocycles. The quantitative estimate of drug-likeness (QED) is 0.240. The van der Waals surface area contributed by atoms with Crippen LogP contribution in [0.2, 0.25) is 0 Å². The van der Waals surface area contributed by atoms with Gasteiger partial charge in [-0.15, -0.1) is 0 Å². The summed E-state index contributed by atoms with van der Waals surface area (Å²) in [7, 11) is 0. The van der Waals surface area contributed by atoms with Gasteiger partial charge in [0.05, 0.1) is 5.69 Å². The summed E-state index contributed by atoms with van der Waals surface area (Å²) in [6, 6.07) is 26.9. The van der Waals surface area contributed by atoms with Crippen LogP contribution < -0.4 is 26.8 Å². The first-order valence-electron chi connectivity index (χ1n) is 11.4. The topological polar surface area (TPSA) is 158 Å². The van der Waals surface area contributed by atoms with Gasteiger partial charge in [0.2, 0.25) is 5.96 Å². The second kappa shape index (κ2) is 9.98. The lowest BCUT2D eigenvalue weighted by Crippen LogP contribution is -2.32. The molecule has 0 bridgehead atoms. The van der Waals surface area contributed by atoms with Gasteiger partial charge in [-0.05, 0) is 34.4 Å². The van der Waals surface area contributed by atoms with Gasteiger partial charge >= 0.3 is 0 Å². The zero-order valence-corrected chi connectivity index (χ0v) is 19.6. The van der Waals surface area contributed by atoms with Crippen molar-refractivity contribution in [2.45, 2.75) is 12.6 Å². The van der Waals surface area contributed by atoms with Gasteiger partial charge in [-0.2, -0.15) is 10.5 Å². The molecule has 0 saturated heterocycles. The molecule has 1 atom stereocenters. The Morgan fingerprint density at radius 1 is 0.946 bits per heavy atom. The van der Waals surface area contributed by atoms with Crippen LogP contribution in [0.15, 0.2) is 83.9 Å². The molecule has 2 heterocycles. The van der Waals surface area contributed by atoms with Gasteiger partial charge in [0.15, 0.2) is 6.19 Å². The first-order chi connectivity index (χ1) is 18.1. The Balaban J connectivity index is 1.53. The van der Waals surface area contributed by atoms with E-state index < -0.39 is 6.04 Å². The second-order valence-electron chi connectivity index (χ2n) is 8.29. The Morgan fingerprint density at radius 3 is 2.41 bits per heavy atom. The molecule has 1 aliphatic rings. The second-order valence-corrected chi connectivity index (χ2v) is 8.29. The van der Waals surface area contributed by atoms with Crippen molar-refractivity contribution in [3.05, 3.63) is 101 Å². The smallest absolute Gasteiger partial charge is 0.211 e. The van der Waals surface area contributed by atoms with Crippen LogP contribution in [0.4, 0.5) is 17.3 Å². The van der Waals surface area contributed by atoms with Crippen molar-refractivity contribution in [3.8, 4) is 29.1 Å². The molecule has 0 radical (unpaired) electrons. The van der Waals surface area contributed by atoms with Crippen molar-refractivity contribution in [1.82, 2.24) is 10.3 Å². The first kappa shape index (κ1) is 23.2. The molecule has 4 aromatic rings. The molecular weight excluding hydrogens is 464 g/mol. The third-order valence-electron chi connectivity index (χ3n) is 6.03. The van der Waals surface area contributed by atoms with Gasteiger partial charge in [0.1, 0.15) is 41.7 Å². The highest BCUT2D eigenvalue weighted by molar-refractivity contribution is 5.98. The number of hydrogen-bond acceptors (Lipinski definition) is 9. The largest absolute Gasteiger partial charge is 0.489 e. The summed E-state index contributed by atoms with van der Waals surface area (Å²) in [5.41, 5.74) is 16.9. The van der Waals surface area contributed by atoms with Crippen LogP contribution in [0.1, 0.15) is 28.3 Å². The zero-order chi connectivity index (χ0) is 25.8. The number of nitrogens with zero attached hydrogens (tertiary/aromatic N) is 4. The SMILES string of the molecule is N#CNC1=NC(c2ccccc2-c2ccc(OCc3ccccc3)cc2)c2c(nc(N)c(C#N)c2N)N1. The van der Waals surface area contributed by atoms with Crippen LogP contribution >= 0.6 is 0 Å². The highest BCUT2D eigenvalue weighted by atomic mass is 16.5. The fraction of sp³-hybridized carbons (Fsp3) is 0.0714. The Labute approximate surface area is 213 Å². The minimum absolute atomic E-state index is 0.00239. The van der Waals surface area contributed by atoms with Crippen molar-refractivity contribution < 1.29 is 4.74 Å². The first-order valence-corrected chi connectivity index (χ1v) is 11.4. The van der Waals surface area contributed by atoms with Gasteiger partial charge < -0.3 is 21.5 Å². The number of aliphatic imine (C=N–C) groups is 1. The number of nitriles is 2. The lowest BCUT2D eigenvalue weighted by Gasteiger charge is -2.27. The highest BCUT2D eigenvalue weighted by Gasteiger charge is 2.31. The number of aromatic nitrogens is 1. The molecule has 180 valence electrons. The molecule has 1 unspecified atom stereocenters. The summed E-state index contributed by atoms with van der Waals surface area (Å²) >= 11 is 0. The van der Waals surface area contributed by atoms with Gasteiger partial charge in [0.25, 0.3) is 0 Å². The van der Waals surface area contributed by atoms with Crippen LogP contribution in [0.5, 0.6) is 5.75 Å². The van der Waals surface area contributed by atoms with E-state index in [-0.39, 0.29) is 23.0 Å². The van der Waals surface area contributed by atoms with E-state index in [0.717, 1.165) is 28.0 Å². The number of nitrogens with one attached hydrogen (secondary N) is 2. The monoisotopic (exact) mass is 486 g/mol. The Morgan fingerprint density at radius 2 is 1.68 bits per heavy atom. The number of nitrogen functional groups attached to an aromatic ring is 2. The van der Waals surface area contributed by atoms with E-state index in [1.807, 2.05) is 91.1 Å². The Kier molecular flexibility index (Phi) is 6.26. The van der Waals surface area contributed by atoms with E-state index in [2.05, 4.69) is 15.6 Å². The maximum atomic E-state index is 9.60. The number of fused-ring (bicyclic) bond motifs is 1. The van der Waals surface area contributed by atoms with Gasteiger partial charge in [-0.1, -0.05) is 66.7 Å². The number of pyridine rings is 1. The summed E-state index contributed by atoms with van der Waals surface area (Å²) in [6.07, 6.45) is 1.87. The van der Waals surface area contributed by atoms with Gasteiger partial charge in [-0.25, -0.2) is 9.98 Å². The maximum Gasteiger partial charge on any atom is 0.211 e. The number of nitrogens with two attached hydrogens (primary N) is 2. The van der Waals surface area contributed by atoms with Crippen LogP contribution in [-0.4, -0.2) is 10.9 Å². The van der Waals surface area contributed by atoms with Crippen LogP contribution in [-0.2, 0) is 6.61 Å². The van der Waals surface area contributed by atoms with E-state index in [1.165, 1.54) is 0 Å². The summed E-state index contributed by atoms with van der Waals surface area (Å²) in [4.78, 5) is 9.02. The molecule has 3 aromatic carbocycles. The molecule has 9 heteroatoms. The van der Waals surface area contributed by atoms with Crippen molar-refractivity contribution in [2.75, 3.05) is 16.8 Å². The van der Waals surface area contributed by atoms with Crippen molar-refractivity contribution >= 4 is 23.3 Å². The predicted octanol–water partition coefficient (Wildman–Crippen LogP) is 4.31. The molecule has 0 aliphatic carbocycles. The minimum atomic E-state index is -0.641. The summed E-state index contributed by atoms with van der Waals surface area (Å²) in [5, 5.41) is 24.3. The van der Waals surface area contributed by atoms with Crippen molar-refractivity contribution in [1.29, 1.82) is 10.5 Å². The number of ether oxygens (including phenoxy) is 1.